The van der Waals surface area contributed by atoms with Crippen LogP contribution in [0.5, 0.6) is 0 Å². The van der Waals surface area contributed by atoms with Crippen molar-refractivity contribution in [3.05, 3.63) is 35.6 Å². The molecule has 1 aliphatic rings. The molecule has 122 valence electrons. The van der Waals surface area contributed by atoms with Crippen molar-refractivity contribution in [1.29, 1.82) is 0 Å². The minimum absolute atomic E-state index is 0.198. The summed E-state index contributed by atoms with van der Waals surface area (Å²) in [6.07, 6.45) is 2.06. The van der Waals surface area contributed by atoms with Crippen LogP contribution in [0.4, 0.5) is 0 Å². The number of amides is 1. The fourth-order valence-electron chi connectivity index (χ4n) is 3.23. The number of carbonyl (C=O) groups excluding carboxylic acids is 1. The molecule has 6 heteroatoms. The molecule has 2 N–H and O–H groups in total. The van der Waals surface area contributed by atoms with E-state index in [0.29, 0.717) is 24.0 Å². The van der Waals surface area contributed by atoms with Crippen molar-refractivity contribution in [1.82, 2.24) is 5.32 Å². The lowest BCUT2D eigenvalue weighted by molar-refractivity contribution is -0.142. The summed E-state index contributed by atoms with van der Waals surface area (Å²) in [5.74, 6) is -1.58. The van der Waals surface area contributed by atoms with Crippen LogP contribution in [0.2, 0.25) is 0 Å². The number of carbonyl (C=O) groups is 2. The zero-order valence-corrected chi connectivity index (χ0v) is 12.9. The summed E-state index contributed by atoms with van der Waals surface area (Å²) in [5.41, 5.74) is 1.30. The average Bonchev–Trinajstić information content (AvgIpc) is 3.13. The number of hydrogen-bond donors (Lipinski definition) is 2. The van der Waals surface area contributed by atoms with Crippen molar-refractivity contribution in [3.8, 4) is 0 Å². The molecule has 1 amide bonds. The summed E-state index contributed by atoms with van der Waals surface area (Å²) in [7, 11) is 1.56. The Labute approximate surface area is 133 Å². The Hall–Kier alpha value is -2.34. The van der Waals surface area contributed by atoms with Gasteiger partial charge in [0.2, 0.25) is 0 Å². The maximum absolute atomic E-state index is 12.6. The monoisotopic (exact) mass is 317 g/mol. The van der Waals surface area contributed by atoms with Crippen molar-refractivity contribution in [2.75, 3.05) is 7.11 Å². The number of furan rings is 1. The Morgan fingerprint density at radius 2 is 2.13 bits per heavy atom. The van der Waals surface area contributed by atoms with E-state index in [9.17, 15) is 14.7 Å². The van der Waals surface area contributed by atoms with Gasteiger partial charge in [-0.05, 0) is 18.9 Å². The van der Waals surface area contributed by atoms with Gasteiger partial charge in [-0.1, -0.05) is 24.6 Å². The summed E-state index contributed by atoms with van der Waals surface area (Å²) in [6.45, 7) is 0.257. The first-order chi connectivity index (χ1) is 11.1. The molecule has 0 saturated heterocycles. The predicted molar refractivity (Wildman–Crippen MR) is 83.2 cm³/mol. The van der Waals surface area contributed by atoms with Crippen LogP contribution in [0, 0.1) is 5.92 Å². The molecule has 6 nitrogen and oxygen atoms in total. The minimum Gasteiger partial charge on any atom is -0.481 e. The maximum Gasteiger partial charge on any atom is 0.308 e. The van der Waals surface area contributed by atoms with E-state index in [-0.39, 0.29) is 24.3 Å². The Balaban J connectivity index is 1.88. The molecule has 3 rings (SSSR count). The molecule has 1 aliphatic carbocycles. The second kappa shape index (κ2) is 6.42. The summed E-state index contributed by atoms with van der Waals surface area (Å²) in [4.78, 5) is 23.8. The van der Waals surface area contributed by atoms with E-state index in [1.165, 1.54) is 0 Å². The van der Waals surface area contributed by atoms with Crippen LogP contribution < -0.4 is 5.32 Å². The molecule has 23 heavy (non-hydrogen) atoms. The Morgan fingerprint density at radius 1 is 1.35 bits per heavy atom. The highest BCUT2D eigenvalue weighted by atomic mass is 16.5. The summed E-state index contributed by atoms with van der Waals surface area (Å²) < 4.78 is 10.9. The van der Waals surface area contributed by atoms with Crippen molar-refractivity contribution in [2.45, 2.75) is 31.9 Å². The molecule has 2 aromatic rings. The molecule has 1 heterocycles. The predicted octanol–water partition coefficient (Wildman–Crippen LogP) is 2.56. The standard InChI is InChI=1S/C17H19NO5/c1-22-9-12-10-5-2-3-8-14(10)23-15(12)16(19)18-13-7-4-6-11(13)17(20)21/h2-3,5,8,11,13H,4,6-7,9H2,1H3,(H,18,19)(H,20,21)/t11-,13+/m0/s1. The van der Waals surface area contributed by atoms with E-state index in [4.69, 9.17) is 9.15 Å². The number of methoxy groups -OCH3 is 1. The highest BCUT2D eigenvalue weighted by molar-refractivity contribution is 5.99. The van der Waals surface area contributed by atoms with Gasteiger partial charge in [-0.3, -0.25) is 9.59 Å². The normalized spacial score (nSPS) is 20.7. The second-order valence-electron chi connectivity index (χ2n) is 5.79. The minimum atomic E-state index is -0.866. The lowest BCUT2D eigenvalue weighted by Gasteiger charge is -2.17. The van der Waals surface area contributed by atoms with Crippen LogP contribution in [0.1, 0.15) is 35.4 Å². The van der Waals surface area contributed by atoms with Gasteiger partial charge in [0.15, 0.2) is 5.76 Å². The van der Waals surface area contributed by atoms with Gasteiger partial charge >= 0.3 is 5.97 Å². The van der Waals surface area contributed by atoms with E-state index >= 15 is 0 Å². The van der Waals surface area contributed by atoms with Crippen molar-refractivity contribution >= 4 is 22.8 Å². The van der Waals surface area contributed by atoms with E-state index in [1.54, 1.807) is 13.2 Å². The number of carboxylic acids is 1. The molecule has 0 unspecified atom stereocenters. The van der Waals surface area contributed by atoms with Gasteiger partial charge < -0.3 is 19.6 Å². The number of aliphatic carboxylic acids is 1. The first kappa shape index (κ1) is 15.6. The van der Waals surface area contributed by atoms with E-state index < -0.39 is 11.9 Å². The van der Waals surface area contributed by atoms with Crippen LogP contribution in [0.3, 0.4) is 0 Å². The molecule has 0 spiro atoms. The second-order valence-corrected chi connectivity index (χ2v) is 5.79. The highest BCUT2D eigenvalue weighted by Crippen LogP contribution is 2.29. The Bertz CT molecular complexity index is 736. The highest BCUT2D eigenvalue weighted by Gasteiger charge is 2.35. The van der Waals surface area contributed by atoms with Crippen LogP contribution in [0.15, 0.2) is 28.7 Å². The van der Waals surface area contributed by atoms with Gasteiger partial charge in [-0.2, -0.15) is 0 Å². The smallest absolute Gasteiger partial charge is 0.308 e. The number of ether oxygens (including phenoxy) is 1. The summed E-state index contributed by atoms with van der Waals surface area (Å²) >= 11 is 0. The maximum atomic E-state index is 12.6. The number of hydrogen-bond acceptors (Lipinski definition) is 4. The van der Waals surface area contributed by atoms with Crippen molar-refractivity contribution in [3.63, 3.8) is 0 Å². The van der Waals surface area contributed by atoms with Gasteiger partial charge in [0, 0.05) is 24.1 Å². The van der Waals surface area contributed by atoms with Gasteiger partial charge in [-0.15, -0.1) is 0 Å². The molecule has 2 atom stereocenters. The molecule has 0 radical (unpaired) electrons. The summed E-state index contributed by atoms with van der Waals surface area (Å²) in [5, 5.41) is 12.9. The zero-order valence-electron chi connectivity index (χ0n) is 12.9. The molecule has 0 bridgehead atoms. The molecule has 1 aromatic heterocycles. The molecule has 1 aromatic carbocycles. The van der Waals surface area contributed by atoms with Crippen LogP contribution in [0.25, 0.3) is 11.0 Å². The molecule has 1 saturated carbocycles. The van der Waals surface area contributed by atoms with Crippen molar-refractivity contribution in [2.24, 2.45) is 5.92 Å². The number of carboxylic acid groups (broad SMARTS) is 1. The van der Waals surface area contributed by atoms with Crippen LogP contribution >= 0.6 is 0 Å². The molecular weight excluding hydrogens is 298 g/mol. The number of para-hydroxylation sites is 1. The lowest BCUT2D eigenvalue weighted by Crippen LogP contribution is -2.40. The Kier molecular flexibility index (Phi) is 4.34. The van der Waals surface area contributed by atoms with Crippen LogP contribution in [-0.4, -0.2) is 30.1 Å². The summed E-state index contributed by atoms with van der Waals surface area (Å²) in [6, 6.07) is 7.02. The fourth-order valence-corrected chi connectivity index (χ4v) is 3.23. The lowest BCUT2D eigenvalue weighted by atomic mass is 10.0. The van der Waals surface area contributed by atoms with Crippen LogP contribution in [-0.2, 0) is 16.1 Å². The molecular formula is C17H19NO5. The van der Waals surface area contributed by atoms with Gasteiger partial charge in [0.1, 0.15) is 5.58 Å². The fraction of sp³-hybridized carbons (Fsp3) is 0.412. The van der Waals surface area contributed by atoms with Gasteiger partial charge in [0.05, 0.1) is 12.5 Å². The quantitative estimate of drug-likeness (QED) is 0.884. The first-order valence-corrected chi connectivity index (χ1v) is 7.65. The number of rotatable bonds is 5. The SMILES string of the molecule is COCc1c(C(=O)N[C@@H]2CCC[C@@H]2C(=O)O)oc2ccccc12. The largest absolute Gasteiger partial charge is 0.481 e. The van der Waals surface area contributed by atoms with E-state index in [0.717, 1.165) is 11.8 Å². The topological polar surface area (TPSA) is 88.8 Å². The number of fused-ring (bicyclic) bond motifs is 1. The third-order valence-corrected chi connectivity index (χ3v) is 4.34. The average molecular weight is 317 g/mol. The number of benzene rings is 1. The van der Waals surface area contributed by atoms with Gasteiger partial charge in [0.25, 0.3) is 5.91 Å². The third-order valence-electron chi connectivity index (χ3n) is 4.34. The van der Waals surface area contributed by atoms with E-state index in [2.05, 4.69) is 5.32 Å². The number of nitrogens with one attached hydrogen (secondary N) is 1. The Morgan fingerprint density at radius 3 is 2.87 bits per heavy atom. The molecule has 0 aliphatic heterocycles. The zero-order chi connectivity index (χ0) is 16.4. The van der Waals surface area contributed by atoms with Gasteiger partial charge in [-0.25, -0.2) is 0 Å². The third kappa shape index (κ3) is 2.94. The first-order valence-electron chi connectivity index (χ1n) is 7.65. The molecule has 1 fully saturated rings. The van der Waals surface area contributed by atoms with Crippen molar-refractivity contribution < 1.29 is 23.8 Å². The van der Waals surface area contributed by atoms with E-state index in [1.807, 2.05) is 18.2 Å².